The number of methoxy groups -OCH3 is 1. The molecule has 0 unspecified atom stereocenters. The number of aromatic nitrogens is 1. The van der Waals surface area contributed by atoms with E-state index in [1.807, 2.05) is 0 Å². The van der Waals surface area contributed by atoms with E-state index in [9.17, 15) is 18.0 Å². The minimum Gasteiger partial charge on any atom is -0.469 e. The summed E-state index contributed by atoms with van der Waals surface area (Å²) in [6.45, 7) is 0. The molecule has 17 heavy (non-hydrogen) atoms. The number of nitriles is 1. The fourth-order valence-electron chi connectivity index (χ4n) is 1.25. The number of ether oxygens (including phenoxy) is 1. The Morgan fingerprint density at radius 3 is 2.76 bits per heavy atom. The first kappa shape index (κ1) is 13.0. The molecular weight excluding hydrogens is 237 g/mol. The number of rotatable bonds is 3. The predicted molar refractivity (Wildman–Crippen MR) is 49.6 cm³/mol. The van der Waals surface area contributed by atoms with Gasteiger partial charge in [0.2, 0.25) is 0 Å². The van der Waals surface area contributed by atoms with E-state index in [2.05, 4.69) is 9.72 Å². The van der Waals surface area contributed by atoms with Crippen molar-refractivity contribution in [2.45, 2.75) is 12.8 Å². The molecule has 0 fully saturated rings. The summed E-state index contributed by atoms with van der Waals surface area (Å²) in [6, 6.07) is 1.43. The van der Waals surface area contributed by atoms with E-state index in [4.69, 9.17) is 5.26 Å². The maximum Gasteiger partial charge on any atom is 0.310 e. The Morgan fingerprint density at radius 2 is 2.29 bits per heavy atom. The number of carbonyl (C=O) groups is 1. The predicted octanol–water partition coefficient (Wildman–Crippen LogP) is 1.75. The molecule has 1 heterocycles. The highest BCUT2D eigenvalue weighted by molar-refractivity contribution is 5.73. The molecule has 0 aliphatic rings. The summed E-state index contributed by atoms with van der Waals surface area (Å²) in [4.78, 5) is 14.2. The molecule has 1 rings (SSSR count). The quantitative estimate of drug-likeness (QED) is 0.760. The molecule has 0 saturated heterocycles. The molecule has 0 saturated carbocycles. The summed E-state index contributed by atoms with van der Waals surface area (Å²) in [6.07, 6.45) is -3.09. The SMILES string of the molecule is COC(=O)Cc1c(C(F)F)ncc(F)c1C#N. The lowest BCUT2D eigenvalue weighted by Gasteiger charge is -2.09. The monoisotopic (exact) mass is 244 g/mol. The largest absolute Gasteiger partial charge is 0.469 e. The third-order valence-electron chi connectivity index (χ3n) is 2.03. The third-order valence-corrected chi connectivity index (χ3v) is 2.03. The molecule has 0 spiro atoms. The number of nitrogens with zero attached hydrogens (tertiary/aromatic N) is 2. The average molecular weight is 244 g/mol. The van der Waals surface area contributed by atoms with E-state index in [0.29, 0.717) is 6.20 Å². The maximum atomic E-state index is 13.2. The second-order valence-corrected chi connectivity index (χ2v) is 3.01. The zero-order valence-corrected chi connectivity index (χ0v) is 8.71. The molecular formula is C10H7F3N2O2. The second kappa shape index (κ2) is 5.30. The molecule has 1 aromatic heterocycles. The first-order valence-corrected chi connectivity index (χ1v) is 4.43. The molecule has 0 bridgehead atoms. The Balaban J connectivity index is 3.35. The van der Waals surface area contributed by atoms with Crippen LogP contribution in [0.25, 0.3) is 0 Å². The summed E-state index contributed by atoms with van der Waals surface area (Å²) in [5.74, 6) is -1.90. The highest BCUT2D eigenvalue weighted by Gasteiger charge is 2.23. The van der Waals surface area contributed by atoms with E-state index < -0.39 is 41.5 Å². The molecule has 0 aliphatic carbocycles. The highest BCUT2D eigenvalue weighted by atomic mass is 19.3. The molecule has 0 atom stereocenters. The zero-order chi connectivity index (χ0) is 13.0. The van der Waals surface area contributed by atoms with E-state index >= 15 is 0 Å². The Bertz CT molecular complexity index is 483. The van der Waals surface area contributed by atoms with Gasteiger partial charge in [0, 0.05) is 5.56 Å². The van der Waals surface area contributed by atoms with Gasteiger partial charge in [-0.25, -0.2) is 13.2 Å². The molecule has 0 N–H and O–H groups in total. The van der Waals surface area contributed by atoms with Gasteiger partial charge in [0.05, 0.1) is 25.3 Å². The maximum absolute atomic E-state index is 13.2. The fraction of sp³-hybridized carbons (Fsp3) is 0.300. The average Bonchev–Trinajstić information content (AvgIpc) is 2.28. The van der Waals surface area contributed by atoms with Gasteiger partial charge < -0.3 is 4.74 Å². The molecule has 0 radical (unpaired) electrons. The Hall–Kier alpha value is -2.10. The summed E-state index contributed by atoms with van der Waals surface area (Å²) >= 11 is 0. The van der Waals surface area contributed by atoms with Gasteiger partial charge in [-0.3, -0.25) is 9.78 Å². The van der Waals surface area contributed by atoms with Gasteiger partial charge in [0.25, 0.3) is 6.43 Å². The van der Waals surface area contributed by atoms with Crippen LogP contribution < -0.4 is 0 Å². The number of hydrogen-bond acceptors (Lipinski definition) is 4. The Labute approximate surface area is 94.6 Å². The van der Waals surface area contributed by atoms with Crippen molar-refractivity contribution in [2.75, 3.05) is 7.11 Å². The van der Waals surface area contributed by atoms with Crippen LogP contribution in [0.15, 0.2) is 6.20 Å². The normalized spacial score (nSPS) is 10.1. The van der Waals surface area contributed by atoms with Crippen molar-refractivity contribution in [1.82, 2.24) is 4.98 Å². The van der Waals surface area contributed by atoms with Gasteiger partial charge in [-0.05, 0) is 0 Å². The Morgan fingerprint density at radius 1 is 1.65 bits per heavy atom. The number of hydrogen-bond donors (Lipinski definition) is 0. The molecule has 0 aromatic carbocycles. The Kier molecular flexibility index (Phi) is 4.04. The number of esters is 1. The number of pyridine rings is 1. The van der Waals surface area contributed by atoms with Crippen LogP contribution in [0.4, 0.5) is 13.2 Å². The lowest BCUT2D eigenvalue weighted by atomic mass is 10.0. The molecule has 4 nitrogen and oxygen atoms in total. The third kappa shape index (κ3) is 2.72. The van der Waals surface area contributed by atoms with Gasteiger partial charge in [-0.2, -0.15) is 5.26 Å². The number of alkyl halides is 2. The van der Waals surface area contributed by atoms with E-state index in [-0.39, 0.29) is 0 Å². The topological polar surface area (TPSA) is 63.0 Å². The van der Waals surface area contributed by atoms with Crippen LogP contribution in [-0.2, 0) is 16.0 Å². The molecule has 0 amide bonds. The minimum atomic E-state index is -3.00. The van der Waals surface area contributed by atoms with Crippen LogP contribution in [0.5, 0.6) is 0 Å². The van der Waals surface area contributed by atoms with Crippen LogP contribution in [0.3, 0.4) is 0 Å². The van der Waals surface area contributed by atoms with Crippen LogP contribution >= 0.6 is 0 Å². The minimum absolute atomic E-state index is 0.436. The standard InChI is InChI=1S/C10H7F3N2O2/c1-17-8(16)2-5-6(3-14)7(11)4-15-9(5)10(12)13/h4,10H,2H2,1H3. The van der Waals surface area contributed by atoms with Crippen LogP contribution in [0, 0.1) is 17.1 Å². The molecule has 7 heteroatoms. The van der Waals surface area contributed by atoms with Gasteiger partial charge in [0.15, 0.2) is 5.82 Å². The molecule has 0 aliphatic heterocycles. The van der Waals surface area contributed by atoms with Gasteiger partial charge in [-0.15, -0.1) is 0 Å². The number of carbonyl (C=O) groups excluding carboxylic acids is 1. The second-order valence-electron chi connectivity index (χ2n) is 3.01. The summed E-state index contributed by atoms with van der Waals surface area (Å²) in [7, 11) is 1.06. The van der Waals surface area contributed by atoms with Crippen molar-refractivity contribution in [3.05, 3.63) is 28.8 Å². The van der Waals surface area contributed by atoms with Crippen LogP contribution in [-0.4, -0.2) is 18.1 Å². The van der Waals surface area contributed by atoms with Crippen LogP contribution in [0.2, 0.25) is 0 Å². The first-order valence-electron chi connectivity index (χ1n) is 4.43. The van der Waals surface area contributed by atoms with Gasteiger partial charge in [-0.1, -0.05) is 0 Å². The van der Waals surface area contributed by atoms with E-state index in [1.165, 1.54) is 6.07 Å². The molecule has 1 aromatic rings. The van der Waals surface area contributed by atoms with Gasteiger partial charge in [0.1, 0.15) is 11.8 Å². The zero-order valence-electron chi connectivity index (χ0n) is 8.71. The smallest absolute Gasteiger partial charge is 0.310 e. The summed E-state index contributed by atoms with van der Waals surface area (Å²) in [5.41, 5.74) is -1.83. The first-order chi connectivity index (χ1) is 8.01. The van der Waals surface area contributed by atoms with Crippen molar-refractivity contribution in [3.63, 3.8) is 0 Å². The van der Waals surface area contributed by atoms with Crippen molar-refractivity contribution < 1.29 is 22.7 Å². The summed E-state index contributed by atoms with van der Waals surface area (Å²) < 4.78 is 42.6. The number of halogens is 3. The fourth-order valence-corrected chi connectivity index (χ4v) is 1.25. The van der Waals surface area contributed by atoms with Crippen molar-refractivity contribution in [1.29, 1.82) is 5.26 Å². The lowest BCUT2D eigenvalue weighted by molar-refractivity contribution is -0.139. The molecule has 90 valence electrons. The van der Waals surface area contributed by atoms with E-state index in [0.717, 1.165) is 7.11 Å². The van der Waals surface area contributed by atoms with Crippen molar-refractivity contribution >= 4 is 5.97 Å². The highest BCUT2D eigenvalue weighted by Crippen LogP contribution is 2.25. The van der Waals surface area contributed by atoms with Crippen LogP contribution in [0.1, 0.15) is 23.2 Å². The van der Waals surface area contributed by atoms with Crippen molar-refractivity contribution in [2.24, 2.45) is 0 Å². The lowest BCUT2D eigenvalue weighted by Crippen LogP contribution is -2.11. The van der Waals surface area contributed by atoms with Crippen molar-refractivity contribution in [3.8, 4) is 6.07 Å². The van der Waals surface area contributed by atoms with Gasteiger partial charge >= 0.3 is 5.97 Å². The van der Waals surface area contributed by atoms with E-state index in [1.54, 1.807) is 0 Å². The summed E-state index contributed by atoms with van der Waals surface area (Å²) in [5, 5.41) is 8.68.